The minimum absolute atomic E-state index is 0.0640. The van der Waals surface area contributed by atoms with Crippen LogP contribution in [0.4, 0.5) is 11.8 Å². The summed E-state index contributed by atoms with van der Waals surface area (Å²) in [7, 11) is -2.88. The molecule has 0 saturated carbocycles. The highest BCUT2D eigenvalue weighted by atomic mass is 32.2. The van der Waals surface area contributed by atoms with Gasteiger partial charge in [-0.1, -0.05) is 0 Å². The summed E-state index contributed by atoms with van der Waals surface area (Å²) in [5.74, 6) is 1.68. The van der Waals surface area contributed by atoms with Crippen molar-refractivity contribution in [1.82, 2.24) is 15.2 Å². The molecule has 1 unspecified atom stereocenters. The third-order valence-corrected chi connectivity index (χ3v) is 5.54. The molecule has 2 aliphatic heterocycles. The monoisotopic (exact) mass is 297 g/mol. The molecule has 2 saturated heterocycles. The maximum Gasteiger partial charge on any atom is 0.247 e. The van der Waals surface area contributed by atoms with Crippen LogP contribution in [0.15, 0.2) is 6.20 Å². The zero-order chi connectivity index (χ0) is 14.0. The van der Waals surface area contributed by atoms with Gasteiger partial charge < -0.3 is 10.2 Å². The maximum absolute atomic E-state index is 11.4. The van der Waals surface area contributed by atoms with Crippen molar-refractivity contribution in [3.8, 4) is 0 Å². The lowest BCUT2D eigenvalue weighted by Crippen LogP contribution is -2.31. The molecule has 20 heavy (non-hydrogen) atoms. The first kappa shape index (κ1) is 13.5. The number of rotatable bonds is 3. The zero-order valence-corrected chi connectivity index (χ0v) is 12.1. The van der Waals surface area contributed by atoms with Gasteiger partial charge in [-0.2, -0.15) is 10.1 Å². The van der Waals surface area contributed by atoms with E-state index in [4.69, 9.17) is 0 Å². The molecule has 1 N–H and O–H groups in total. The third kappa shape index (κ3) is 3.17. The van der Waals surface area contributed by atoms with Crippen LogP contribution in [0.3, 0.4) is 0 Å². The molecule has 0 amide bonds. The van der Waals surface area contributed by atoms with Crippen LogP contribution in [0, 0.1) is 0 Å². The van der Waals surface area contributed by atoms with Gasteiger partial charge in [0.15, 0.2) is 15.7 Å². The Morgan fingerprint density at radius 3 is 2.75 bits per heavy atom. The van der Waals surface area contributed by atoms with E-state index >= 15 is 0 Å². The number of nitrogens with zero attached hydrogens (tertiary/aromatic N) is 4. The van der Waals surface area contributed by atoms with Crippen molar-refractivity contribution in [1.29, 1.82) is 0 Å². The van der Waals surface area contributed by atoms with Crippen molar-refractivity contribution in [2.24, 2.45) is 0 Å². The highest BCUT2D eigenvalue weighted by Gasteiger charge is 2.28. The van der Waals surface area contributed by atoms with Crippen LogP contribution >= 0.6 is 0 Å². The Labute approximate surface area is 118 Å². The van der Waals surface area contributed by atoms with Gasteiger partial charge >= 0.3 is 0 Å². The fraction of sp³-hybridized carbons (Fsp3) is 0.750. The lowest BCUT2D eigenvalue weighted by Gasteiger charge is -2.26. The van der Waals surface area contributed by atoms with Gasteiger partial charge in [0, 0.05) is 19.1 Å². The number of nitrogens with one attached hydrogen (secondary N) is 1. The first-order valence-corrected chi connectivity index (χ1v) is 8.86. The summed E-state index contributed by atoms with van der Waals surface area (Å²) in [6.07, 6.45) is 5.75. The van der Waals surface area contributed by atoms with E-state index in [1.165, 1.54) is 6.42 Å². The zero-order valence-electron chi connectivity index (χ0n) is 11.3. The van der Waals surface area contributed by atoms with Gasteiger partial charge in [-0.3, -0.25) is 0 Å². The average molecular weight is 297 g/mol. The van der Waals surface area contributed by atoms with E-state index < -0.39 is 9.84 Å². The van der Waals surface area contributed by atoms with Crippen LogP contribution in [-0.4, -0.2) is 54.2 Å². The summed E-state index contributed by atoms with van der Waals surface area (Å²) in [5.41, 5.74) is 0. The van der Waals surface area contributed by atoms with E-state index in [9.17, 15) is 8.42 Å². The molecule has 0 radical (unpaired) electrons. The van der Waals surface area contributed by atoms with E-state index in [-0.39, 0.29) is 17.5 Å². The highest BCUT2D eigenvalue weighted by molar-refractivity contribution is 7.91. The molecule has 7 nitrogen and oxygen atoms in total. The number of aromatic nitrogens is 3. The Morgan fingerprint density at radius 2 is 2.05 bits per heavy atom. The van der Waals surface area contributed by atoms with Gasteiger partial charge in [-0.15, -0.1) is 5.10 Å². The molecule has 8 heteroatoms. The highest BCUT2D eigenvalue weighted by Crippen LogP contribution is 2.19. The normalized spacial score (nSPS) is 25.6. The molecule has 0 aromatic carbocycles. The van der Waals surface area contributed by atoms with E-state index in [1.807, 2.05) is 0 Å². The summed E-state index contributed by atoms with van der Waals surface area (Å²) in [6, 6.07) is -0.0640. The summed E-state index contributed by atoms with van der Waals surface area (Å²) in [6.45, 7) is 1.92. The van der Waals surface area contributed by atoms with Gasteiger partial charge in [0.1, 0.15) is 0 Å². The van der Waals surface area contributed by atoms with Gasteiger partial charge in [0.2, 0.25) is 5.95 Å². The van der Waals surface area contributed by atoms with E-state index in [0.717, 1.165) is 25.9 Å². The number of hydrogen-bond acceptors (Lipinski definition) is 7. The lowest BCUT2D eigenvalue weighted by molar-refractivity contribution is 0.565. The van der Waals surface area contributed by atoms with Crippen molar-refractivity contribution < 1.29 is 8.42 Å². The van der Waals surface area contributed by atoms with Crippen LogP contribution in [0.5, 0.6) is 0 Å². The van der Waals surface area contributed by atoms with Crippen molar-refractivity contribution >= 4 is 21.6 Å². The van der Waals surface area contributed by atoms with Crippen molar-refractivity contribution in [3.63, 3.8) is 0 Å². The van der Waals surface area contributed by atoms with Gasteiger partial charge in [0.05, 0.1) is 17.7 Å². The van der Waals surface area contributed by atoms with Gasteiger partial charge in [-0.05, 0) is 25.7 Å². The molecule has 3 heterocycles. The molecule has 1 atom stereocenters. The summed E-state index contributed by atoms with van der Waals surface area (Å²) in [5, 5.41) is 11.2. The van der Waals surface area contributed by atoms with Crippen LogP contribution in [0.2, 0.25) is 0 Å². The Balaban J connectivity index is 1.68. The average Bonchev–Trinajstić information content (AvgIpc) is 2.79. The molecular weight excluding hydrogens is 278 g/mol. The molecule has 0 aliphatic carbocycles. The molecule has 1 aromatic rings. The number of piperidine rings is 1. The van der Waals surface area contributed by atoms with Crippen LogP contribution in [0.25, 0.3) is 0 Å². The predicted molar refractivity (Wildman–Crippen MR) is 76.6 cm³/mol. The largest absolute Gasteiger partial charge is 0.365 e. The van der Waals surface area contributed by atoms with Crippen molar-refractivity contribution in [3.05, 3.63) is 6.20 Å². The molecule has 2 aliphatic rings. The first-order valence-electron chi connectivity index (χ1n) is 7.04. The maximum atomic E-state index is 11.4. The molecule has 0 spiro atoms. The smallest absolute Gasteiger partial charge is 0.247 e. The summed E-state index contributed by atoms with van der Waals surface area (Å²) >= 11 is 0. The second kappa shape index (κ2) is 5.51. The fourth-order valence-corrected chi connectivity index (χ4v) is 4.38. The number of anilines is 2. The molecule has 110 valence electrons. The summed E-state index contributed by atoms with van der Waals surface area (Å²) in [4.78, 5) is 6.59. The van der Waals surface area contributed by atoms with Crippen LogP contribution in [-0.2, 0) is 9.84 Å². The SMILES string of the molecule is O=S1(=O)CCC(Nc2cnnc(N3CCCCC3)n2)C1. The Bertz CT molecular complexity index is 571. The van der Waals surface area contributed by atoms with Gasteiger partial charge in [-0.25, -0.2) is 8.42 Å². The molecular formula is C12H19N5O2S. The molecule has 3 rings (SSSR count). The van der Waals surface area contributed by atoms with E-state index in [0.29, 0.717) is 18.2 Å². The minimum atomic E-state index is -2.88. The summed E-state index contributed by atoms with van der Waals surface area (Å²) < 4.78 is 22.9. The Hall–Kier alpha value is -1.44. The van der Waals surface area contributed by atoms with Gasteiger partial charge in [0.25, 0.3) is 0 Å². The first-order chi connectivity index (χ1) is 9.62. The van der Waals surface area contributed by atoms with Crippen LogP contribution in [0.1, 0.15) is 25.7 Å². The lowest BCUT2D eigenvalue weighted by atomic mass is 10.1. The predicted octanol–water partition coefficient (Wildman–Crippen LogP) is 0.461. The second-order valence-corrected chi connectivity index (χ2v) is 7.66. The quantitative estimate of drug-likeness (QED) is 0.867. The van der Waals surface area contributed by atoms with Crippen molar-refractivity contribution in [2.45, 2.75) is 31.7 Å². The molecule has 1 aromatic heterocycles. The topological polar surface area (TPSA) is 88.1 Å². The standard InChI is InChI=1S/C12H19N5O2S/c18-20(19)7-4-10(9-20)14-11-8-13-16-12(15-11)17-5-2-1-3-6-17/h8,10H,1-7,9H2,(H,14,15,16). The fourth-order valence-electron chi connectivity index (χ4n) is 2.71. The van der Waals surface area contributed by atoms with E-state index in [2.05, 4.69) is 25.4 Å². The molecule has 0 bridgehead atoms. The van der Waals surface area contributed by atoms with Crippen LogP contribution < -0.4 is 10.2 Å². The number of sulfone groups is 1. The minimum Gasteiger partial charge on any atom is -0.365 e. The second-order valence-electron chi connectivity index (χ2n) is 5.43. The number of hydrogen-bond donors (Lipinski definition) is 1. The Morgan fingerprint density at radius 1 is 1.25 bits per heavy atom. The molecule has 2 fully saturated rings. The van der Waals surface area contributed by atoms with E-state index in [1.54, 1.807) is 6.20 Å². The third-order valence-electron chi connectivity index (χ3n) is 3.77. The Kier molecular flexibility index (Phi) is 3.73. The van der Waals surface area contributed by atoms with Crippen molar-refractivity contribution in [2.75, 3.05) is 34.8 Å².